The predicted molar refractivity (Wildman–Crippen MR) is 254 cm³/mol. The van der Waals surface area contributed by atoms with Crippen molar-refractivity contribution in [2.24, 2.45) is 11.8 Å². The largest absolute Gasteiger partial charge is 0.381 e. The lowest BCUT2D eigenvalue weighted by Crippen LogP contribution is -2.24. The van der Waals surface area contributed by atoms with Crippen molar-refractivity contribution in [1.82, 2.24) is 59.3 Å². The SMILES string of the molecule is CC1CN(Cc2ccc3ccccc3n2)CC1c1nn2c(C3CCOCC3)ncc2c(=O)[nH]1.CC1CNCC1c1nn2c(C3CCOCC3)ncc2c(=O)[nH]1.O=Cc1ccc2ccccc2n1. The van der Waals surface area contributed by atoms with Gasteiger partial charge in [-0.15, -0.1) is 0 Å². The molecule has 12 rings (SSSR count). The summed E-state index contributed by atoms with van der Waals surface area (Å²) >= 11 is 0. The van der Waals surface area contributed by atoms with Gasteiger partial charge in [-0.3, -0.25) is 24.3 Å². The average molecular weight is 905 g/mol. The molecule has 4 fully saturated rings. The lowest BCUT2D eigenvalue weighted by atomic mass is 9.97. The summed E-state index contributed by atoms with van der Waals surface area (Å²) in [4.78, 5) is 62.0. The van der Waals surface area contributed by atoms with Crippen LogP contribution in [0, 0.1) is 11.8 Å². The molecule has 4 aliphatic rings. The number of rotatable bonds is 7. The van der Waals surface area contributed by atoms with E-state index in [9.17, 15) is 14.4 Å². The van der Waals surface area contributed by atoms with Crippen LogP contribution in [0.5, 0.6) is 0 Å². The van der Waals surface area contributed by atoms with Gasteiger partial charge in [0.1, 0.15) is 29.0 Å². The molecular formula is C50H56N12O5. The number of nitrogens with zero attached hydrogens (tertiary/aromatic N) is 9. The summed E-state index contributed by atoms with van der Waals surface area (Å²) in [6, 6.07) is 23.8. The topological polar surface area (TPSA) is 203 Å². The van der Waals surface area contributed by atoms with Crippen molar-refractivity contribution in [3.05, 3.63) is 141 Å². The molecule has 2 aromatic carbocycles. The first-order chi connectivity index (χ1) is 32.8. The van der Waals surface area contributed by atoms with E-state index in [-0.39, 0.29) is 28.9 Å². The van der Waals surface area contributed by atoms with Crippen molar-refractivity contribution in [3.8, 4) is 0 Å². The maximum Gasteiger partial charge on any atom is 0.276 e. The number of carbonyl (C=O) groups excluding carboxylic acids is 1. The van der Waals surface area contributed by atoms with E-state index in [1.54, 1.807) is 27.5 Å². The van der Waals surface area contributed by atoms with E-state index in [4.69, 9.17) is 24.7 Å². The molecule has 10 heterocycles. The van der Waals surface area contributed by atoms with Crippen molar-refractivity contribution >= 4 is 39.1 Å². The Morgan fingerprint density at radius 3 is 1.76 bits per heavy atom. The average Bonchev–Trinajstić information content (AvgIpc) is 4.19. The highest BCUT2D eigenvalue weighted by atomic mass is 16.5. The maximum absolute atomic E-state index is 12.9. The first-order valence-corrected chi connectivity index (χ1v) is 23.5. The van der Waals surface area contributed by atoms with Crippen LogP contribution in [0.3, 0.4) is 0 Å². The Morgan fingerprint density at radius 2 is 1.19 bits per heavy atom. The Labute approximate surface area is 386 Å². The highest BCUT2D eigenvalue weighted by Gasteiger charge is 2.34. The van der Waals surface area contributed by atoms with Crippen molar-refractivity contribution in [2.45, 2.75) is 69.7 Å². The minimum Gasteiger partial charge on any atom is -0.381 e. The van der Waals surface area contributed by atoms with Gasteiger partial charge in [0.15, 0.2) is 17.3 Å². The van der Waals surface area contributed by atoms with Crippen LogP contribution in [-0.4, -0.2) is 113 Å². The number of carbonyl (C=O) groups is 1. The maximum atomic E-state index is 12.9. The molecule has 0 radical (unpaired) electrons. The molecule has 3 N–H and O–H groups in total. The molecule has 0 bridgehead atoms. The van der Waals surface area contributed by atoms with Gasteiger partial charge in [-0.2, -0.15) is 10.2 Å². The molecule has 0 saturated carbocycles. The van der Waals surface area contributed by atoms with E-state index >= 15 is 0 Å². The highest BCUT2D eigenvalue weighted by Crippen LogP contribution is 2.32. The molecule has 0 amide bonds. The zero-order chi connectivity index (χ0) is 45.9. The fourth-order valence-electron chi connectivity index (χ4n) is 9.97. The van der Waals surface area contributed by atoms with Crippen LogP contribution in [0.25, 0.3) is 32.8 Å². The summed E-state index contributed by atoms with van der Waals surface area (Å²) in [5.41, 5.74) is 4.26. The molecule has 17 heteroatoms. The lowest BCUT2D eigenvalue weighted by molar-refractivity contribution is 0.0831. The summed E-state index contributed by atoms with van der Waals surface area (Å²) in [5, 5.41) is 15.2. The smallest absolute Gasteiger partial charge is 0.276 e. The molecule has 0 spiro atoms. The first kappa shape index (κ1) is 44.3. The molecule has 6 aromatic heterocycles. The Bertz CT molecular complexity index is 3130. The number of likely N-dealkylation sites (tertiary alicyclic amines) is 1. The Morgan fingerprint density at radius 1 is 0.642 bits per heavy atom. The van der Waals surface area contributed by atoms with Crippen LogP contribution in [0.1, 0.15) is 103 Å². The van der Waals surface area contributed by atoms with Gasteiger partial charge in [-0.1, -0.05) is 62.4 Å². The minimum absolute atomic E-state index is 0.102. The Kier molecular flexibility index (Phi) is 13.1. The third-order valence-electron chi connectivity index (χ3n) is 13.8. The summed E-state index contributed by atoms with van der Waals surface area (Å²) in [6.07, 6.45) is 7.73. The van der Waals surface area contributed by atoms with E-state index in [1.165, 1.54) is 0 Å². The molecule has 0 aliphatic carbocycles. The van der Waals surface area contributed by atoms with E-state index in [2.05, 4.69) is 73.2 Å². The zero-order valence-electron chi connectivity index (χ0n) is 37.9. The second-order valence-corrected chi connectivity index (χ2v) is 18.3. The fourth-order valence-corrected chi connectivity index (χ4v) is 9.97. The monoisotopic (exact) mass is 904 g/mol. The van der Waals surface area contributed by atoms with Gasteiger partial charge in [-0.05, 0) is 68.3 Å². The number of hydrogen-bond acceptors (Lipinski definition) is 13. The van der Waals surface area contributed by atoms with Crippen molar-refractivity contribution in [1.29, 1.82) is 0 Å². The molecule has 4 aliphatic heterocycles. The molecular weight excluding hydrogens is 849 g/mol. The van der Waals surface area contributed by atoms with E-state index in [1.807, 2.05) is 42.5 Å². The number of ether oxygens (including phenoxy) is 2. The minimum atomic E-state index is -0.118. The van der Waals surface area contributed by atoms with E-state index < -0.39 is 0 Å². The van der Waals surface area contributed by atoms with Gasteiger partial charge in [0.05, 0.1) is 29.1 Å². The number of imidazole rings is 2. The third-order valence-corrected chi connectivity index (χ3v) is 13.8. The van der Waals surface area contributed by atoms with Crippen LogP contribution in [0.2, 0.25) is 0 Å². The molecule has 4 unspecified atom stereocenters. The van der Waals surface area contributed by atoms with Gasteiger partial charge < -0.3 is 24.8 Å². The molecule has 8 aromatic rings. The van der Waals surface area contributed by atoms with Gasteiger partial charge in [0.2, 0.25) is 0 Å². The van der Waals surface area contributed by atoms with Crippen LogP contribution in [0.4, 0.5) is 0 Å². The molecule has 17 nitrogen and oxygen atoms in total. The van der Waals surface area contributed by atoms with Crippen LogP contribution in [0.15, 0.2) is 94.8 Å². The number of aromatic nitrogens is 10. The van der Waals surface area contributed by atoms with Gasteiger partial charge in [0, 0.05) is 87.1 Å². The summed E-state index contributed by atoms with van der Waals surface area (Å²) in [7, 11) is 0. The number of H-pyrrole nitrogens is 2. The normalized spacial score (nSPS) is 21.6. The summed E-state index contributed by atoms with van der Waals surface area (Å²) in [5.74, 6) is 5.14. The first-order valence-electron chi connectivity index (χ1n) is 23.5. The third kappa shape index (κ3) is 9.54. The highest BCUT2D eigenvalue weighted by molar-refractivity contribution is 5.83. The van der Waals surface area contributed by atoms with Crippen molar-refractivity contribution < 1.29 is 14.3 Å². The lowest BCUT2D eigenvalue weighted by Gasteiger charge is -2.21. The van der Waals surface area contributed by atoms with Gasteiger partial charge >= 0.3 is 0 Å². The van der Waals surface area contributed by atoms with Crippen LogP contribution in [-0.2, 0) is 16.0 Å². The van der Waals surface area contributed by atoms with E-state index in [0.29, 0.717) is 34.5 Å². The van der Waals surface area contributed by atoms with E-state index in [0.717, 1.165) is 142 Å². The Hall–Kier alpha value is -6.53. The summed E-state index contributed by atoms with van der Waals surface area (Å²) < 4.78 is 14.5. The number of fused-ring (bicyclic) bond motifs is 4. The molecule has 67 heavy (non-hydrogen) atoms. The second-order valence-electron chi connectivity index (χ2n) is 18.3. The molecule has 4 atom stereocenters. The number of aldehydes is 1. The van der Waals surface area contributed by atoms with Crippen molar-refractivity contribution in [3.63, 3.8) is 0 Å². The van der Waals surface area contributed by atoms with Crippen LogP contribution < -0.4 is 16.4 Å². The standard InChI is InChI=1S/C25H28N6O2.C15H21N5O2.C10H7NO/c1-16-13-30(14-19-7-6-17-4-2-3-5-21(17)27-19)15-20(16)23-28-25(32)22-12-26-24(31(22)29-23)18-8-10-33-11-9-18;1-9-6-16-7-11(9)13-18-15(21)12-8-17-14(20(12)19-13)10-2-4-22-5-3-10;12-7-9-6-5-8-3-1-2-4-10(8)11-9/h2-7,12,16,18,20H,8-11,13-15H2,1H3,(H,28,29,32);8-11,16H,2-7H2,1H3,(H,18,19,21);1-7H. The quantitative estimate of drug-likeness (QED) is 0.163. The number of aromatic amines is 2. The number of hydrogen-bond donors (Lipinski definition) is 3. The second kappa shape index (κ2) is 19.7. The number of pyridine rings is 2. The van der Waals surface area contributed by atoms with Gasteiger partial charge in [0.25, 0.3) is 11.1 Å². The number of nitrogens with one attached hydrogen (secondary N) is 3. The summed E-state index contributed by atoms with van der Waals surface area (Å²) in [6.45, 7) is 11.8. The van der Waals surface area contributed by atoms with Crippen LogP contribution >= 0.6 is 0 Å². The molecule has 4 saturated heterocycles. The van der Waals surface area contributed by atoms with Gasteiger partial charge in [-0.25, -0.2) is 24.0 Å². The predicted octanol–water partition coefficient (Wildman–Crippen LogP) is 5.78. The fraction of sp³-hybridized carbons (Fsp3) is 0.420. The number of para-hydroxylation sites is 2. The zero-order valence-corrected chi connectivity index (χ0v) is 37.9. The Balaban J connectivity index is 0.000000132. The number of benzene rings is 2. The van der Waals surface area contributed by atoms with Crippen molar-refractivity contribution in [2.75, 3.05) is 52.6 Å². The molecule has 346 valence electrons.